The van der Waals surface area contributed by atoms with E-state index in [2.05, 4.69) is 4.98 Å². The van der Waals surface area contributed by atoms with Gasteiger partial charge in [0.2, 0.25) is 12.4 Å². The van der Waals surface area contributed by atoms with Crippen molar-refractivity contribution < 1.29 is 13.9 Å². The first-order valence-electron chi connectivity index (χ1n) is 4.25. The lowest BCUT2D eigenvalue weighted by atomic mass is 10.2. The van der Waals surface area contributed by atoms with E-state index < -0.39 is 5.95 Å². The van der Waals surface area contributed by atoms with Gasteiger partial charge in [0, 0.05) is 0 Å². The summed E-state index contributed by atoms with van der Waals surface area (Å²) in [6, 6.07) is 2.76. The summed E-state index contributed by atoms with van der Waals surface area (Å²) in [5, 5.41) is 0. The lowest BCUT2D eigenvalue weighted by molar-refractivity contribution is -0.126. The second kappa shape index (κ2) is 3.61. The maximum Gasteiger partial charge on any atom is 0.213 e. The quantitative estimate of drug-likeness (QED) is 0.520. The van der Waals surface area contributed by atoms with Crippen molar-refractivity contribution in [1.29, 1.82) is 0 Å². The fraction of sp³-hybridized carbons (Fsp3) is 0.333. The Labute approximate surface area is 80.3 Å². The highest BCUT2D eigenvalue weighted by atomic mass is 19.1. The van der Waals surface area contributed by atoms with Gasteiger partial charge in [0.15, 0.2) is 0 Å². The Hall–Kier alpha value is -1.65. The van der Waals surface area contributed by atoms with Crippen molar-refractivity contribution >= 4 is 6.41 Å². The van der Waals surface area contributed by atoms with E-state index in [1.807, 2.05) is 0 Å². The Morgan fingerprint density at radius 2 is 2.36 bits per heavy atom. The number of pyridine rings is 1. The highest BCUT2D eigenvalue weighted by Crippen LogP contribution is 2.15. The standard InChI is InChI=1S/C9H9FN2O2/c10-9-2-1-7(3-11-9)14-8-4-12(5-8)6-13/h1-3,6,8H,4-5H2. The molecule has 1 aromatic heterocycles. The van der Waals surface area contributed by atoms with Crippen LogP contribution in [0.3, 0.4) is 0 Å². The number of aromatic nitrogens is 1. The van der Waals surface area contributed by atoms with Crippen molar-refractivity contribution in [2.75, 3.05) is 13.1 Å². The number of halogens is 1. The second-order valence-corrected chi connectivity index (χ2v) is 3.12. The number of carbonyl (C=O) groups excluding carboxylic acids is 1. The van der Waals surface area contributed by atoms with Gasteiger partial charge in [-0.25, -0.2) is 4.98 Å². The average Bonchev–Trinajstić information content (AvgIpc) is 2.13. The topological polar surface area (TPSA) is 42.4 Å². The Balaban J connectivity index is 1.87. The van der Waals surface area contributed by atoms with E-state index in [0.717, 1.165) is 6.41 Å². The molecule has 4 nitrogen and oxygen atoms in total. The molecule has 1 aliphatic heterocycles. The van der Waals surface area contributed by atoms with Crippen LogP contribution in [0.4, 0.5) is 4.39 Å². The number of hydrogen-bond donors (Lipinski definition) is 0. The third-order valence-corrected chi connectivity index (χ3v) is 2.03. The number of carbonyl (C=O) groups is 1. The van der Waals surface area contributed by atoms with Gasteiger partial charge in [-0.1, -0.05) is 0 Å². The normalized spacial score (nSPS) is 16.2. The molecule has 0 spiro atoms. The number of ether oxygens (including phenoxy) is 1. The van der Waals surface area contributed by atoms with E-state index in [-0.39, 0.29) is 6.10 Å². The predicted molar refractivity (Wildman–Crippen MR) is 46.2 cm³/mol. The molecule has 1 saturated heterocycles. The molecule has 2 heterocycles. The molecular formula is C9H9FN2O2. The number of amides is 1. The van der Waals surface area contributed by atoms with Crippen molar-refractivity contribution in [3.63, 3.8) is 0 Å². The summed E-state index contributed by atoms with van der Waals surface area (Å²) in [6.07, 6.45) is 2.12. The van der Waals surface area contributed by atoms with Crippen LogP contribution in [-0.4, -0.2) is 35.5 Å². The van der Waals surface area contributed by atoms with E-state index in [4.69, 9.17) is 4.74 Å². The molecule has 14 heavy (non-hydrogen) atoms. The Bertz CT molecular complexity index is 322. The zero-order valence-electron chi connectivity index (χ0n) is 7.39. The van der Waals surface area contributed by atoms with Gasteiger partial charge in [0.1, 0.15) is 11.9 Å². The molecule has 5 heteroatoms. The summed E-state index contributed by atoms with van der Waals surface area (Å²) in [4.78, 5) is 15.3. The van der Waals surface area contributed by atoms with Crippen LogP contribution in [0.2, 0.25) is 0 Å². The van der Waals surface area contributed by atoms with Gasteiger partial charge in [-0.05, 0) is 12.1 Å². The first-order chi connectivity index (χ1) is 6.78. The molecule has 1 amide bonds. The molecule has 0 N–H and O–H groups in total. The minimum Gasteiger partial charge on any atom is -0.485 e. The van der Waals surface area contributed by atoms with E-state index in [9.17, 15) is 9.18 Å². The van der Waals surface area contributed by atoms with Crippen LogP contribution >= 0.6 is 0 Å². The molecule has 1 fully saturated rings. The predicted octanol–water partition coefficient (Wildman–Crippen LogP) is 0.440. The molecule has 1 aliphatic rings. The summed E-state index contributed by atoms with van der Waals surface area (Å²) < 4.78 is 17.8. The Kier molecular flexibility index (Phi) is 2.30. The van der Waals surface area contributed by atoms with Crippen molar-refractivity contribution in [3.8, 4) is 5.75 Å². The minimum absolute atomic E-state index is 0.00691. The van der Waals surface area contributed by atoms with Crippen molar-refractivity contribution in [1.82, 2.24) is 9.88 Å². The highest BCUT2D eigenvalue weighted by Gasteiger charge is 2.26. The van der Waals surface area contributed by atoms with Gasteiger partial charge in [0.05, 0.1) is 19.3 Å². The first-order valence-corrected chi connectivity index (χ1v) is 4.25. The minimum atomic E-state index is -0.527. The molecule has 0 aromatic carbocycles. The van der Waals surface area contributed by atoms with Crippen LogP contribution in [-0.2, 0) is 4.79 Å². The van der Waals surface area contributed by atoms with Gasteiger partial charge < -0.3 is 9.64 Å². The van der Waals surface area contributed by atoms with Crippen LogP contribution in [0.1, 0.15) is 0 Å². The molecule has 0 atom stereocenters. The first kappa shape index (κ1) is 8.93. The summed E-state index contributed by atoms with van der Waals surface area (Å²) in [7, 11) is 0. The van der Waals surface area contributed by atoms with Crippen LogP contribution in [0.15, 0.2) is 18.3 Å². The van der Waals surface area contributed by atoms with Crippen molar-refractivity contribution in [2.24, 2.45) is 0 Å². The van der Waals surface area contributed by atoms with Crippen molar-refractivity contribution in [2.45, 2.75) is 6.10 Å². The van der Waals surface area contributed by atoms with E-state index >= 15 is 0 Å². The largest absolute Gasteiger partial charge is 0.485 e. The fourth-order valence-electron chi connectivity index (χ4n) is 1.25. The van der Waals surface area contributed by atoms with Gasteiger partial charge in [0.25, 0.3) is 0 Å². The molecule has 1 aromatic rings. The summed E-state index contributed by atoms with van der Waals surface area (Å²) in [5.74, 6) is 0.00225. The summed E-state index contributed by atoms with van der Waals surface area (Å²) >= 11 is 0. The average molecular weight is 196 g/mol. The van der Waals surface area contributed by atoms with Crippen molar-refractivity contribution in [3.05, 3.63) is 24.3 Å². The van der Waals surface area contributed by atoms with E-state index in [1.54, 1.807) is 4.90 Å². The third-order valence-electron chi connectivity index (χ3n) is 2.03. The molecule has 0 saturated carbocycles. The SMILES string of the molecule is O=CN1CC(Oc2ccc(F)nc2)C1. The molecule has 2 rings (SSSR count). The van der Waals surface area contributed by atoms with Crippen LogP contribution in [0.25, 0.3) is 0 Å². The Morgan fingerprint density at radius 1 is 1.57 bits per heavy atom. The van der Waals surface area contributed by atoms with Gasteiger partial charge >= 0.3 is 0 Å². The van der Waals surface area contributed by atoms with Gasteiger partial charge in [-0.3, -0.25) is 4.79 Å². The van der Waals surface area contributed by atoms with Crippen LogP contribution in [0, 0.1) is 5.95 Å². The molecular weight excluding hydrogens is 187 g/mol. The lowest BCUT2D eigenvalue weighted by Crippen LogP contribution is -2.52. The number of hydrogen-bond acceptors (Lipinski definition) is 3. The Morgan fingerprint density at radius 3 is 2.93 bits per heavy atom. The zero-order valence-corrected chi connectivity index (χ0v) is 7.39. The number of likely N-dealkylation sites (tertiary alicyclic amines) is 1. The summed E-state index contributed by atoms with van der Waals surface area (Å²) in [5.41, 5.74) is 0. The monoisotopic (exact) mass is 196 g/mol. The molecule has 0 radical (unpaired) electrons. The van der Waals surface area contributed by atoms with Gasteiger partial charge in [-0.15, -0.1) is 0 Å². The van der Waals surface area contributed by atoms with E-state index in [1.165, 1.54) is 18.3 Å². The maximum absolute atomic E-state index is 12.4. The van der Waals surface area contributed by atoms with Gasteiger partial charge in [-0.2, -0.15) is 4.39 Å². The van der Waals surface area contributed by atoms with Crippen LogP contribution < -0.4 is 4.74 Å². The molecule has 0 unspecified atom stereocenters. The summed E-state index contributed by atoms with van der Waals surface area (Å²) in [6.45, 7) is 1.17. The maximum atomic E-state index is 12.4. The smallest absolute Gasteiger partial charge is 0.213 e. The number of rotatable bonds is 3. The lowest BCUT2D eigenvalue weighted by Gasteiger charge is -2.35. The molecule has 74 valence electrons. The second-order valence-electron chi connectivity index (χ2n) is 3.12. The van der Waals surface area contributed by atoms with Crippen LogP contribution in [0.5, 0.6) is 5.75 Å². The third kappa shape index (κ3) is 1.81. The highest BCUT2D eigenvalue weighted by molar-refractivity contribution is 5.49. The molecule has 0 aliphatic carbocycles. The van der Waals surface area contributed by atoms with E-state index in [0.29, 0.717) is 18.8 Å². The number of nitrogens with zero attached hydrogens (tertiary/aromatic N) is 2. The fourth-order valence-corrected chi connectivity index (χ4v) is 1.25. The zero-order chi connectivity index (χ0) is 9.97. The molecule has 0 bridgehead atoms.